The average Bonchev–Trinajstić information content (AvgIpc) is 3.24. The van der Waals surface area contributed by atoms with Crippen LogP contribution in [0.4, 0.5) is 0 Å². The van der Waals surface area contributed by atoms with Crippen molar-refractivity contribution in [3.8, 4) is 5.75 Å². The highest BCUT2D eigenvalue weighted by atomic mass is 35.5. The van der Waals surface area contributed by atoms with Crippen LogP contribution < -0.4 is 10.1 Å². The van der Waals surface area contributed by atoms with Crippen molar-refractivity contribution in [2.75, 3.05) is 0 Å². The third-order valence-electron chi connectivity index (χ3n) is 5.71. The summed E-state index contributed by atoms with van der Waals surface area (Å²) in [5, 5.41) is 8.11. The average molecular weight is 475 g/mol. The van der Waals surface area contributed by atoms with Gasteiger partial charge in [0.05, 0.1) is 18.7 Å². The number of pyridine rings is 1. The van der Waals surface area contributed by atoms with Gasteiger partial charge in [-0.3, -0.25) is 14.5 Å². The van der Waals surface area contributed by atoms with E-state index in [-0.39, 0.29) is 18.4 Å². The molecule has 4 rings (SSSR count). The van der Waals surface area contributed by atoms with E-state index in [1.165, 1.54) is 0 Å². The van der Waals surface area contributed by atoms with Crippen LogP contribution in [0.5, 0.6) is 5.75 Å². The number of carbonyl (C=O) groups excluding carboxylic acids is 1. The zero-order valence-corrected chi connectivity index (χ0v) is 20.2. The highest BCUT2D eigenvalue weighted by Crippen LogP contribution is 2.27. The number of benzene rings is 2. The van der Waals surface area contributed by atoms with E-state index in [9.17, 15) is 4.79 Å². The Morgan fingerprint density at radius 2 is 1.94 bits per heavy atom. The van der Waals surface area contributed by atoms with Crippen LogP contribution >= 0.6 is 11.6 Å². The van der Waals surface area contributed by atoms with E-state index in [4.69, 9.17) is 16.3 Å². The molecule has 0 radical (unpaired) electrons. The highest BCUT2D eigenvalue weighted by molar-refractivity contribution is 6.30. The first-order chi connectivity index (χ1) is 16.4. The number of aryl methyl sites for hydroxylation is 3. The molecule has 2 aromatic heterocycles. The maximum Gasteiger partial charge on any atom is 0.225 e. The molecule has 1 atom stereocenters. The Morgan fingerprint density at radius 1 is 1.15 bits per heavy atom. The molecule has 34 heavy (non-hydrogen) atoms. The third-order valence-corrected chi connectivity index (χ3v) is 5.94. The second-order valence-corrected chi connectivity index (χ2v) is 8.74. The molecule has 6 nitrogen and oxygen atoms in total. The van der Waals surface area contributed by atoms with Gasteiger partial charge >= 0.3 is 0 Å². The van der Waals surface area contributed by atoms with Gasteiger partial charge in [-0.1, -0.05) is 35.9 Å². The largest absolute Gasteiger partial charge is 0.489 e. The molecule has 1 unspecified atom stereocenters. The lowest BCUT2D eigenvalue weighted by molar-refractivity contribution is -0.120. The molecular weight excluding hydrogens is 448 g/mol. The van der Waals surface area contributed by atoms with Crippen LogP contribution in [0.1, 0.15) is 39.6 Å². The zero-order chi connectivity index (χ0) is 24.1. The van der Waals surface area contributed by atoms with Gasteiger partial charge in [-0.15, -0.1) is 0 Å². The molecule has 2 aromatic carbocycles. The van der Waals surface area contributed by atoms with Gasteiger partial charge in [-0.25, -0.2) is 0 Å². The molecule has 0 aliphatic carbocycles. The van der Waals surface area contributed by atoms with Crippen LogP contribution in [-0.2, 0) is 24.9 Å². The Bertz CT molecular complexity index is 1280. The van der Waals surface area contributed by atoms with E-state index in [1.54, 1.807) is 17.1 Å². The van der Waals surface area contributed by atoms with E-state index >= 15 is 0 Å². The lowest BCUT2D eigenvalue weighted by Crippen LogP contribution is -2.30. The quantitative estimate of drug-likeness (QED) is 0.385. The Morgan fingerprint density at radius 3 is 2.62 bits per heavy atom. The minimum atomic E-state index is -0.316. The number of rotatable bonds is 8. The number of hydrogen-bond acceptors (Lipinski definition) is 4. The van der Waals surface area contributed by atoms with Crippen LogP contribution in [0.25, 0.3) is 0 Å². The first-order valence-electron chi connectivity index (χ1n) is 11.1. The van der Waals surface area contributed by atoms with Crippen LogP contribution in [-0.4, -0.2) is 20.7 Å². The summed E-state index contributed by atoms with van der Waals surface area (Å²) in [7, 11) is 1.86. The number of carbonyl (C=O) groups is 1. The van der Waals surface area contributed by atoms with Crippen molar-refractivity contribution in [2.45, 2.75) is 32.9 Å². The van der Waals surface area contributed by atoms with Crippen LogP contribution in [0.15, 0.2) is 73.2 Å². The molecule has 0 fully saturated rings. The Hall–Kier alpha value is -3.64. The molecule has 0 spiro atoms. The third kappa shape index (κ3) is 5.83. The van der Waals surface area contributed by atoms with E-state index in [0.29, 0.717) is 11.6 Å². The second-order valence-electron chi connectivity index (χ2n) is 8.31. The van der Waals surface area contributed by atoms with E-state index in [2.05, 4.69) is 15.4 Å². The molecular formula is C27H27ClN4O2. The Balaban J connectivity index is 1.43. The monoisotopic (exact) mass is 474 g/mol. The Kier molecular flexibility index (Phi) is 7.28. The normalized spacial score (nSPS) is 11.8. The predicted molar refractivity (Wildman–Crippen MR) is 133 cm³/mol. The zero-order valence-electron chi connectivity index (χ0n) is 19.5. The summed E-state index contributed by atoms with van der Waals surface area (Å²) in [6.07, 6.45) is 5.71. The van der Waals surface area contributed by atoms with Crippen molar-refractivity contribution < 1.29 is 9.53 Å². The smallest absolute Gasteiger partial charge is 0.225 e. The highest BCUT2D eigenvalue weighted by Gasteiger charge is 2.20. The summed E-state index contributed by atoms with van der Waals surface area (Å²) >= 11 is 6.15. The number of ether oxygens (including phenoxy) is 1. The molecule has 0 saturated carbocycles. The SMILES string of the molecule is Cc1cc(Cl)ccc1C(NC(=O)Cc1ccc(OCc2cccnc2C)cc1)c1cnn(C)c1. The van der Waals surface area contributed by atoms with Crippen molar-refractivity contribution >= 4 is 17.5 Å². The summed E-state index contributed by atoms with van der Waals surface area (Å²) in [5.41, 5.74) is 5.81. The number of nitrogens with one attached hydrogen (secondary N) is 1. The van der Waals surface area contributed by atoms with E-state index < -0.39 is 0 Å². The molecule has 7 heteroatoms. The van der Waals surface area contributed by atoms with Crippen molar-refractivity contribution in [1.29, 1.82) is 0 Å². The van der Waals surface area contributed by atoms with Gasteiger partial charge in [0.2, 0.25) is 5.91 Å². The summed E-state index contributed by atoms with van der Waals surface area (Å²) < 4.78 is 7.61. The number of halogens is 1. The number of amides is 1. The number of hydrogen-bond donors (Lipinski definition) is 1. The van der Waals surface area contributed by atoms with Crippen LogP contribution in [0, 0.1) is 13.8 Å². The van der Waals surface area contributed by atoms with E-state index in [0.717, 1.165) is 39.3 Å². The molecule has 174 valence electrons. The maximum atomic E-state index is 13.0. The lowest BCUT2D eigenvalue weighted by Gasteiger charge is -2.20. The van der Waals surface area contributed by atoms with Gasteiger partial charge in [-0.2, -0.15) is 5.10 Å². The van der Waals surface area contributed by atoms with Crippen molar-refractivity contribution in [3.05, 3.63) is 112 Å². The summed E-state index contributed by atoms with van der Waals surface area (Å²) in [6, 6.07) is 16.9. The van der Waals surface area contributed by atoms with Crippen LogP contribution in [0.3, 0.4) is 0 Å². The van der Waals surface area contributed by atoms with Crippen molar-refractivity contribution in [3.63, 3.8) is 0 Å². The molecule has 0 aliphatic rings. The van der Waals surface area contributed by atoms with Gasteiger partial charge < -0.3 is 10.1 Å². The fourth-order valence-electron chi connectivity index (χ4n) is 3.82. The number of nitrogens with zero attached hydrogens (tertiary/aromatic N) is 3. The van der Waals surface area contributed by atoms with E-state index in [1.807, 2.05) is 81.7 Å². The molecule has 0 saturated heterocycles. The predicted octanol–water partition coefficient (Wildman–Crippen LogP) is 5.11. The van der Waals surface area contributed by atoms with Gasteiger partial charge in [0.15, 0.2) is 0 Å². The first kappa shape index (κ1) is 23.5. The maximum absolute atomic E-state index is 13.0. The second kappa shape index (κ2) is 10.5. The van der Waals surface area contributed by atoms with Crippen LogP contribution in [0.2, 0.25) is 5.02 Å². The Labute approximate surface area is 204 Å². The molecule has 4 aromatic rings. The summed E-state index contributed by atoms with van der Waals surface area (Å²) in [4.78, 5) is 17.3. The molecule has 1 amide bonds. The summed E-state index contributed by atoms with van der Waals surface area (Å²) in [6.45, 7) is 4.40. The minimum Gasteiger partial charge on any atom is -0.489 e. The fraction of sp³-hybridized carbons (Fsp3) is 0.222. The van der Waals surface area contributed by atoms with Crippen molar-refractivity contribution in [2.24, 2.45) is 7.05 Å². The van der Waals surface area contributed by atoms with Gasteiger partial charge in [0.25, 0.3) is 0 Å². The van der Waals surface area contributed by atoms with Gasteiger partial charge in [0, 0.05) is 41.3 Å². The van der Waals surface area contributed by atoms with Crippen molar-refractivity contribution in [1.82, 2.24) is 20.1 Å². The number of aromatic nitrogens is 3. The summed E-state index contributed by atoms with van der Waals surface area (Å²) in [5.74, 6) is 0.667. The standard InChI is InChI=1S/C27H27ClN4O2/c1-18-13-23(28)8-11-25(18)27(22-15-30-32(3)16-22)31-26(33)14-20-6-9-24(10-7-20)34-17-21-5-4-12-29-19(21)2/h4-13,15-16,27H,14,17H2,1-3H3,(H,31,33). The minimum absolute atomic E-state index is 0.0807. The van der Waals surface area contributed by atoms with Gasteiger partial charge in [0.1, 0.15) is 12.4 Å². The molecule has 1 N–H and O–H groups in total. The fourth-order valence-corrected chi connectivity index (χ4v) is 4.05. The molecule has 0 bridgehead atoms. The molecule has 0 aliphatic heterocycles. The topological polar surface area (TPSA) is 69.0 Å². The molecule has 2 heterocycles. The first-order valence-corrected chi connectivity index (χ1v) is 11.4. The lowest BCUT2D eigenvalue weighted by atomic mass is 9.96. The van der Waals surface area contributed by atoms with Gasteiger partial charge in [-0.05, 0) is 60.9 Å².